The van der Waals surface area contributed by atoms with Crippen LogP contribution >= 0.6 is 0 Å². The fourth-order valence-corrected chi connectivity index (χ4v) is 0.910. The summed E-state index contributed by atoms with van der Waals surface area (Å²) < 4.78 is 5.07. The molecule has 0 aliphatic rings. The molecule has 0 aromatic heterocycles. The lowest BCUT2D eigenvalue weighted by Crippen LogP contribution is -2.36. The molecule has 0 rings (SSSR count). The van der Waals surface area contributed by atoms with Crippen molar-refractivity contribution in [3.8, 4) is 0 Å². The van der Waals surface area contributed by atoms with E-state index in [4.69, 9.17) is 9.57 Å². The highest BCUT2D eigenvalue weighted by Crippen LogP contribution is 2.21. The quantitative estimate of drug-likeness (QED) is 0.402. The topological polar surface area (TPSA) is 76.7 Å². The zero-order valence-electron chi connectivity index (χ0n) is 12.5. The Kier molecular flexibility index (Phi) is 8.14. The molecule has 1 atom stereocenters. The average Bonchev–Trinajstić information content (AvgIpc) is 2.40. The molecule has 1 amide bonds. The van der Waals surface area contributed by atoms with Crippen LogP contribution in [0.25, 0.3) is 0 Å². The van der Waals surface area contributed by atoms with Crippen LogP contribution in [0.15, 0.2) is 0 Å². The summed E-state index contributed by atoms with van der Waals surface area (Å²) in [6.45, 7) is 9.83. The molecule has 19 heavy (non-hydrogen) atoms. The molecule has 0 radical (unpaired) electrons. The largest absolute Gasteiger partial charge is 0.463 e. The summed E-state index contributed by atoms with van der Waals surface area (Å²) >= 11 is 0. The Labute approximate surface area is 115 Å². The second kappa shape index (κ2) is 8.74. The maximum atomic E-state index is 11.6. The van der Waals surface area contributed by atoms with Gasteiger partial charge in [-0.15, -0.1) is 5.48 Å². The van der Waals surface area contributed by atoms with Gasteiger partial charge < -0.3 is 14.9 Å². The predicted molar refractivity (Wildman–Crippen MR) is 72.4 cm³/mol. The molecule has 6 heteroatoms. The molecule has 1 unspecified atom stereocenters. The molecule has 0 aromatic rings. The highest BCUT2D eigenvalue weighted by Gasteiger charge is 2.26. The first kappa shape index (κ1) is 17.7. The monoisotopic (exact) mass is 274 g/mol. The van der Waals surface area contributed by atoms with Gasteiger partial charge in [0.25, 0.3) is 0 Å². The molecule has 0 aliphatic heterocycles. The van der Waals surface area contributed by atoms with Crippen molar-refractivity contribution in [3.63, 3.8) is 0 Å². The van der Waals surface area contributed by atoms with E-state index < -0.39 is 11.5 Å². The number of hydroxylamine groups is 1. The Bertz CT molecular complexity index is 292. The van der Waals surface area contributed by atoms with Gasteiger partial charge >= 0.3 is 12.1 Å². The smallest absolute Gasteiger partial charge is 0.426 e. The van der Waals surface area contributed by atoms with E-state index in [-0.39, 0.29) is 25.2 Å². The molecule has 2 N–H and O–H groups in total. The van der Waals surface area contributed by atoms with Crippen molar-refractivity contribution in [1.82, 2.24) is 10.8 Å². The second-order valence-electron chi connectivity index (χ2n) is 5.12. The fourth-order valence-electron chi connectivity index (χ4n) is 0.910. The Morgan fingerprint density at radius 3 is 2.42 bits per heavy atom. The first-order chi connectivity index (χ1) is 8.83. The molecule has 0 aliphatic carbocycles. The Morgan fingerprint density at radius 2 is 1.89 bits per heavy atom. The summed E-state index contributed by atoms with van der Waals surface area (Å²) in [7, 11) is 0. The first-order valence-corrected chi connectivity index (χ1v) is 6.70. The van der Waals surface area contributed by atoms with Gasteiger partial charge in [0, 0.05) is 6.04 Å². The number of amides is 1. The van der Waals surface area contributed by atoms with Crippen LogP contribution in [0.5, 0.6) is 0 Å². The lowest BCUT2D eigenvalue weighted by atomic mass is 9.91. The normalized spacial score (nSPS) is 12.7. The number of hydrogen-bond acceptors (Lipinski definition) is 5. The molecule has 0 saturated heterocycles. The highest BCUT2D eigenvalue weighted by molar-refractivity contribution is 5.75. The van der Waals surface area contributed by atoms with Crippen molar-refractivity contribution in [3.05, 3.63) is 0 Å². The third kappa shape index (κ3) is 7.66. The van der Waals surface area contributed by atoms with Crippen LogP contribution in [0.4, 0.5) is 4.79 Å². The van der Waals surface area contributed by atoms with Crippen LogP contribution in [0.2, 0.25) is 0 Å². The van der Waals surface area contributed by atoms with E-state index in [1.54, 1.807) is 0 Å². The maximum Gasteiger partial charge on any atom is 0.426 e. The summed E-state index contributed by atoms with van der Waals surface area (Å²) in [5.74, 6) is -0.261. The van der Waals surface area contributed by atoms with Gasteiger partial charge in [-0.1, -0.05) is 13.8 Å². The van der Waals surface area contributed by atoms with Crippen LogP contribution in [0.3, 0.4) is 0 Å². The zero-order chi connectivity index (χ0) is 14.9. The average molecular weight is 274 g/mol. The molecule has 0 heterocycles. The molecular formula is C13H26N2O4. The number of esters is 1. The van der Waals surface area contributed by atoms with E-state index in [0.29, 0.717) is 6.42 Å². The van der Waals surface area contributed by atoms with Crippen molar-refractivity contribution in [2.24, 2.45) is 5.41 Å². The highest BCUT2D eigenvalue weighted by atomic mass is 16.7. The van der Waals surface area contributed by atoms with Crippen LogP contribution in [0.1, 0.15) is 47.5 Å². The van der Waals surface area contributed by atoms with E-state index in [1.165, 1.54) is 0 Å². The van der Waals surface area contributed by atoms with Crippen molar-refractivity contribution in [1.29, 1.82) is 0 Å². The van der Waals surface area contributed by atoms with E-state index >= 15 is 0 Å². The number of nitrogens with one attached hydrogen (secondary N) is 2. The van der Waals surface area contributed by atoms with Gasteiger partial charge in [0.2, 0.25) is 0 Å². The molecule has 0 saturated carbocycles. The van der Waals surface area contributed by atoms with Crippen molar-refractivity contribution >= 4 is 12.1 Å². The van der Waals surface area contributed by atoms with Crippen LogP contribution in [-0.4, -0.2) is 31.3 Å². The summed E-state index contributed by atoms with van der Waals surface area (Å²) in [4.78, 5) is 27.6. The van der Waals surface area contributed by atoms with Crippen LogP contribution in [-0.2, 0) is 14.4 Å². The number of rotatable bonds is 8. The summed E-state index contributed by atoms with van der Waals surface area (Å²) in [5, 5.41) is 2.49. The van der Waals surface area contributed by atoms with Gasteiger partial charge in [0.15, 0.2) is 0 Å². The van der Waals surface area contributed by atoms with E-state index in [1.807, 2.05) is 34.6 Å². The Balaban J connectivity index is 3.70. The van der Waals surface area contributed by atoms with Crippen molar-refractivity contribution in [2.45, 2.75) is 53.5 Å². The third-order valence-corrected chi connectivity index (χ3v) is 3.01. The van der Waals surface area contributed by atoms with E-state index in [9.17, 15) is 9.59 Å². The van der Waals surface area contributed by atoms with Crippen LogP contribution < -0.4 is 10.8 Å². The van der Waals surface area contributed by atoms with E-state index in [2.05, 4.69) is 10.8 Å². The van der Waals surface area contributed by atoms with Gasteiger partial charge in [0.1, 0.15) is 6.61 Å². The summed E-state index contributed by atoms with van der Waals surface area (Å²) in [6, 6.07) is 0.105. The summed E-state index contributed by atoms with van der Waals surface area (Å²) in [5.41, 5.74) is 2.11. The van der Waals surface area contributed by atoms with Gasteiger partial charge in [-0.2, -0.15) is 0 Å². The second-order valence-corrected chi connectivity index (χ2v) is 5.12. The minimum absolute atomic E-state index is 0.105. The van der Waals surface area contributed by atoms with Gasteiger partial charge in [-0.25, -0.2) is 4.79 Å². The SMILES string of the molecule is CCC(C)NOC(=O)NCCOC(=O)C(C)(C)CC. The number of carbonyl (C=O) groups is 2. The third-order valence-electron chi connectivity index (χ3n) is 3.01. The molecule has 0 aromatic carbocycles. The van der Waals surface area contributed by atoms with Gasteiger partial charge in [-0.05, 0) is 33.6 Å². The standard InChI is InChI=1S/C13H26N2O4/c1-6-10(3)15-19-12(17)14-8-9-18-11(16)13(4,5)7-2/h10,15H,6-9H2,1-5H3,(H,14,17). The molecular weight excluding hydrogens is 248 g/mol. The molecule has 112 valence electrons. The molecule has 0 fully saturated rings. The first-order valence-electron chi connectivity index (χ1n) is 6.70. The van der Waals surface area contributed by atoms with Crippen molar-refractivity contribution in [2.75, 3.05) is 13.2 Å². The zero-order valence-corrected chi connectivity index (χ0v) is 12.5. The van der Waals surface area contributed by atoms with Crippen molar-refractivity contribution < 1.29 is 19.2 Å². The predicted octanol–water partition coefficient (Wildman–Crippen LogP) is 2.00. The van der Waals surface area contributed by atoms with Gasteiger partial charge in [-0.3, -0.25) is 4.79 Å². The molecule has 6 nitrogen and oxygen atoms in total. The summed E-state index contributed by atoms with van der Waals surface area (Å²) in [6.07, 6.45) is 0.989. The number of hydrogen-bond donors (Lipinski definition) is 2. The number of carbonyl (C=O) groups excluding carboxylic acids is 2. The fraction of sp³-hybridized carbons (Fsp3) is 0.846. The van der Waals surface area contributed by atoms with Crippen LogP contribution in [0, 0.1) is 5.41 Å². The lowest BCUT2D eigenvalue weighted by Gasteiger charge is -2.20. The van der Waals surface area contributed by atoms with E-state index in [0.717, 1.165) is 6.42 Å². The minimum atomic E-state index is -0.578. The maximum absolute atomic E-state index is 11.6. The Hall–Kier alpha value is -1.30. The minimum Gasteiger partial charge on any atom is -0.463 e. The number of ether oxygens (including phenoxy) is 1. The Morgan fingerprint density at radius 1 is 1.26 bits per heavy atom. The lowest BCUT2D eigenvalue weighted by molar-refractivity contribution is -0.153. The van der Waals surface area contributed by atoms with Gasteiger partial charge in [0.05, 0.1) is 12.0 Å². The molecule has 0 spiro atoms. The molecule has 0 bridgehead atoms.